The van der Waals surface area contributed by atoms with Crippen LogP contribution in [0.15, 0.2) is 59.9 Å². The molecule has 0 aromatic heterocycles. The van der Waals surface area contributed by atoms with E-state index < -0.39 is 52.9 Å². The lowest BCUT2D eigenvalue weighted by atomic mass is 9.56. The maximum Gasteiger partial charge on any atom is 0.416 e. The number of halogens is 3. The van der Waals surface area contributed by atoms with Gasteiger partial charge in [0.15, 0.2) is 0 Å². The highest BCUT2D eigenvalue weighted by Crippen LogP contribution is 2.56. The van der Waals surface area contributed by atoms with Crippen molar-refractivity contribution in [3.8, 4) is 6.07 Å². The molecule has 3 rings (SSSR count). The van der Waals surface area contributed by atoms with Crippen molar-refractivity contribution < 1.29 is 42.1 Å². The van der Waals surface area contributed by atoms with Crippen LogP contribution in [0.5, 0.6) is 0 Å². The molecule has 3 N–H and O–H groups in total. The Hall–Kier alpha value is -4.53. The van der Waals surface area contributed by atoms with Gasteiger partial charge in [0.2, 0.25) is 0 Å². The van der Waals surface area contributed by atoms with Crippen LogP contribution < -0.4 is 10.6 Å². The predicted molar refractivity (Wildman–Crippen MR) is 136 cm³/mol. The molecular formula is C28H28F3N3O6. The standard InChI is InChI=1S/C28H28F3N3O6/c1-5-40-25(36)21-22(18-11-9-17(14-32)10-12-18)27(26(37)38,15(2)24(35)39-4)16(3)34(23(21)33)20-8-6-7-19(13-20)28(29,30)31/h6-13,15-16,22H,5,33H2,1-4H3,(H,37,38)/t15-,16?,22?,27?/m0/s1. The number of hydrogen-bond acceptors (Lipinski definition) is 8. The number of carbonyl (C=O) groups excluding carboxylic acids is 2. The minimum atomic E-state index is -4.73. The van der Waals surface area contributed by atoms with Crippen LogP contribution in [0.1, 0.15) is 43.4 Å². The average Bonchev–Trinajstić information content (AvgIpc) is 2.91. The summed E-state index contributed by atoms with van der Waals surface area (Å²) in [5, 5.41) is 20.2. The summed E-state index contributed by atoms with van der Waals surface area (Å²) >= 11 is 0. The number of aliphatic carboxylic acids is 1. The highest BCUT2D eigenvalue weighted by atomic mass is 19.4. The second-order valence-corrected chi connectivity index (χ2v) is 9.26. The molecule has 4 atom stereocenters. The van der Waals surface area contributed by atoms with E-state index in [9.17, 15) is 37.9 Å². The van der Waals surface area contributed by atoms with E-state index in [1.54, 1.807) is 0 Å². The summed E-state index contributed by atoms with van der Waals surface area (Å²) in [6.07, 6.45) is -4.73. The molecule has 0 radical (unpaired) electrons. The van der Waals surface area contributed by atoms with Crippen LogP contribution in [0.2, 0.25) is 0 Å². The number of nitrogens with two attached hydrogens (primary N) is 1. The monoisotopic (exact) mass is 559 g/mol. The Morgan fingerprint density at radius 2 is 1.82 bits per heavy atom. The Morgan fingerprint density at radius 1 is 1.20 bits per heavy atom. The van der Waals surface area contributed by atoms with Crippen molar-refractivity contribution in [1.29, 1.82) is 5.26 Å². The first-order valence-electron chi connectivity index (χ1n) is 12.2. The van der Waals surface area contributed by atoms with E-state index in [2.05, 4.69) is 0 Å². The van der Waals surface area contributed by atoms with Gasteiger partial charge in [-0.15, -0.1) is 0 Å². The third kappa shape index (κ3) is 4.95. The average molecular weight is 560 g/mol. The third-order valence-corrected chi connectivity index (χ3v) is 7.34. The molecule has 0 bridgehead atoms. The van der Waals surface area contributed by atoms with Gasteiger partial charge in [0.05, 0.1) is 48.4 Å². The molecule has 1 aliphatic heterocycles. The molecule has 2 aromatic carbocycles. The molecular weight excluding hydrogens is 531 g/mol. The second kappa shape index (κ2) is 11.3. The lowest BCUT2D eigenvalue weighted by molar-refractivity contribution is -0.167. The van der Waals surface area contributed by atoms with Crippen molar-refractivity contribution in [1.82, 2.24) is 0 Å². The van der Waals surface area contributed by atoms with E-state index in [-0.39, 0.29) is 34.8 Å². The smallest absolute Gasteiger partial charge is 0.416 e. The van der Waals surface area contributed by atoms with E-state index in [1.165, 1.54) is 51.1 Å². The maximum atomic E-state index is 13.6. The molecule has 9 nitrogen and oxygen atoms in total. The zero-order valence-corrected chi connectivity index (χ0v) is 22.2. The number of rotatable bonds is 7. The molecule has 3 unspecified atom stereocenters. The van der Waals surface area contributed by atoms with Crippen LogP contribution in [0.3, 0.4) is 0 Å². The van der Waals surface area contributed by atoms with E-state index in [0.29, 0.717) is 0 Å². The minimum absolute atomic E-state index is 0.124. The van der Waals surface area contributed by atoms with Crippen LogP contribution in [-0.4, -0.2) is 42.8 Å². The van der Waals surface area contributed by atoms with Crippen LogP contribution >= 0.6 is 0 Å². The fourth-order valence-electron chi connectivity index (χ4n) is 5.47. The van der Waals surface area contributed by atoms with Crippen LogP contribution in [0.4, 0.5) is 18.9 Å². The van der Waals surface area contributed by atoms with Crippen molar-refractivity contribution >= 4 is 23.6 Å². The normalized spacial score (nSPS) is 21.8. The summed E-state index contributed by atoms with van der Waals surface area (Å²) < 4.78 is 51.0. The highest BCUT2D eigenvalue weighted by Gasteiger charge is 2.64. The van der Waals surface area contributed by atoms with Crippen LogP contribution in [0, 0.1) is 22.7 Å². The Bertz CT molecular complexity index is 1380. The summed E-state index contributed by atoms with van der Waals surface area (Å²) in [6, 6.07) is 10.4. The Kier molecular flexibility index (Phi) is 8.48. The zero-order chi connectivity index (χ0) is 30.0. The Morgan fingerprint density at radius 3 is 2.33 bits per heavy atom. The summed E-state index contributed by atoms with van der Waals surface area (Å²) in [4.78, 5) is 41.0. The fraction of sp³-hybridized carbons (Fsp3) is 0.357. The quantitative estimate of drug-likeness (QED) is 0.478. The first-order valence-corrected chi connectivity index (χ1v) is 12.2. The van der Waals surface area contributed by atoms with Gasteiger partial charge in [-0.25, -0.2) is 4.79 Å². The molecule has 2 aromatic rings. The Labute approximate surface area is 228 Å². The third-order valence-electron chi connectivity index (χ3n) is 7.34. The van der Waals surface area contributed by atoms with E-state index in [1.807, 2.05) is 6.07 Å². The topological polar surface area (TPSA) is 143 Å². The van der Waals surface area contributed by atoms with Crippen molar-refractivity contribution in [3.63, 3.8) is 0 Å². The number of nitrogens with zero attached hydrogens (tertiary/aromatic N) is 2. The van der Waals surface area contributed by atoms with Gasteiger partial charge in [-0.05, 0) is 49.7 Å². The first-order chi connectivity index (χ1) is 18.8. The molecule has 0 fully saturated rings. The van der Waals surface area contributed by atoms with Gasteiger partial charge in [0.1, 0.15) is 11.2 Å². The lowest BCUT2D eigenvalue weighted by Crippen LogP contribution is -2.63. The van der Waals surface area contributed by atoms with Crippen molar-refractivity contribution in [3.05, 3.63) is 76.6 Å². The van der Waals surface area contributed by atoms with Gasteiger partial charge in [-0.3, -0.25) is 9.59 Å². The fourth-order valence-corrected chi connectivity index (χ4v) is 5.47. The number of ether oxygens (including phenoxy) is 2. The van der Waals surface area contributed by atoms with Gasteiger partial charge < -0.3 is 25.2 Å². The number of benzene rings is 2. The van der Waals surface area contributed by atoms with Gasteiger partial charge >= 0.3 is 24.1 Å². The van der Waals surface area contributed by atoms with Gasteiger partial charge in [0.25, 0.3) is 0 Å². The number of nitriles is 1. The summed E-state index contributed by atoms with van der Waals surface area (Å²) in [5.41, 5.74) is 3.22. The van der Waals surface area contributed by atoms with Crippen molar-refractivity contribution in [2.75, 3.05) is 18.6 Å². The van der Waals surface area contributed by atoms with E-state index >= 15 is 0 Å². The largest absolute Gasteiger partial charge is 0.481 e. The molecule has 0 aliphatic carbocycles. The number of hydrogen-bond donors (Lipinski definition) is 2. The number of anilines is 1. The molecule has 0 saturated carbocycles. The number of alkyl halides is 3. The first kappa shape index (κ1) is 30.0. The number of carboxylic acids is 1. The maximum absolute atomic E-state index is 13.6. The highest BCUT2D eigenvalue weighted by molar-refractivity contribution is 5.97. The summed E-state index contributed by atoms with van der Waals surface area (Å²) in [6.45, 7) is 4.10. The lowest BCUT2D eigenvalue weighted by Gasteiger charge is -2.53. The van der Waals surface area contributed by atoms with E-state index in [4.69, 9.17) is 15.2 Å². The zero-order valence-electron chi connectivity index (χ0n) is 22.2. The summed E-state index contributed by atoms with van der Waals surface area (Å²) in [7, 11) is 1.07. The molecule has 0 spiro atoms. The summed E-state index contributed by atoms with van der Waals surface area (Å²) in [5.74, 6) is -6.69. The second-order valence-electron chi connectivity index (χ2n) is 9.26. The number of esters is 2. The number of carbonyl (C=O) groups is 3. The molecule has 1 aliphatic rings. The Balaban J connectivity index is 2.51. The van der Waals surface area contributed by atoms with Gasteiger partial charge in [-0.2, -0.15) is 18.4 Å². The van der Waals surface area contributed by atoms with Crippen molar-refractivity contribution in [2.45, 2.75) is 38.9 Å². The molecule has 40 heavy (non-hydrogen) atoms. The van der Waals surface area contributed by atoms with E-state index in [0.717, 1.165) is 30.2 Å². The van der Waals surface area contributed by atoms with Crippen LogP contribution in [0.25, 0.3) is 0 Å². The molecule has 212 valence electrons. The SMILES string of the molecule is CCOC(=O)C1=C(N)N(c2cccc(C(F)(F)F)c2)C(C)C(C(=O)O)([C@@H](C)C(=O)OC)C1c1ccc(C#N)cc1. The van der Waals surface area contributed by atoms with Crippen LogP contribution in [-0.2, 0) is 30.0 Å². The van der Waals surface area contributed by atoms with Gasteiger partial charge in [0, 0.05) is 11.6 Å². The number of methoxy groups -OCH3 is 1. The predicted octanol–water partition coefficient (Wildman–Crippen LogP) is 4.18. The molecule has 12 heteroatoms. The molecule has 0 saturated heterocycles. The number of carboxylic acid groups (broad SMARTS) is 1. The van der Waals surface area contributed by atoms with Gasteiger partial charge in [-0.1, -0.05) is 25.1 Å². The minimum Gasteiger partial charge on any atom is -0.481 e. The molecule has 0 amide bonds. The molecule has 1 heterocycles. The van der Waals surface area contributed by atoms with Crippen molar-refractivity contribution in [2.24, 2.45) is 17.1 Å².